The minimum absolute atomic E-state index is 0.259. The summed E-state index contributed by atoms with van der Waals surface area (Å²) in [5.41, 5.74) is 4.29. The highest BCUT2D eigenvalue weighted by Gasteiger charge is 2.30. The highest BCUT2D eigenvalue weighted by molar-refractivity contribution is 6.30. The molecule has 4 aromatic rings. The van der Waals surface area contributed by atoms with Gasteiger partial charge in [-0.3, -0.25) is 0 Å². The number of carbonyl (C=O) groups excluding carboxylic acids is 1. The molecule has 3 aromatic carbocycles. The van der Waals surface area contributed by atoms with Crippen LogP contribution in [0.1, 0.15) is 19.4 Å². The number of hydrogen-bond acceptors (Lipinski definition) is 3. The summed E-state index contributed by atoms with van der Waals surface area (Å²) in [5.74, 6) is 0.501. The summed E-state index contributed by atoms with van der Waals surface area (Å²) in [4.78, 5) is 13.1. The lowest BCUT2D eigenvalue weighted by molar-refractivity contribution is 0.138. The summed E-state index contributed by atoms with van der Waals surface area (Å²) in [6.45, 7) is 4.06. The van der Waals surface area contributed by atoms with E-state index in [1.807, 2.05) is 44.2 Å². The molecule has 0 radical (unpaired) electrons. The molecule has 0 fully saturated rings. The smallest absolute Gasteiger partial charge is 0.346 e. The summed E-state index contributed by atoms with van der Waals surface area (Å²) >= 11 is 6.04. The maximum absolute atomic E-state index is 13.5. The second-order valence-electron chi connectivity index (χ2n) is 8.64. The van der Waals surface area contributed by atoms with Crippen LogP contribution < -0.4 is 10.1 Å². The predicted octanol–water partition coefficient (Wildman–Crippen LogP) is 6.80. The molecule has 2 heterocycles. The van der Waals surface area contributed by atoms with Gasteiger partial charge in [0.15, 0.2) is 0 Å². The van der Waals surface area contributed by atoms with Gasteiger partial charge < -0.3 is 10.1 Å². The van der Waals surface area contributed by atoms with Crippen LogP contribution in [0.2, 0.25) is 5.02 Å². The lowest BCUT2D eigenvalue weighted by Crippen LogP contribution is -2.24. The Labute approximate surface area is 195 Å². The van der Waals surface area contributed by atoms with Gasteiger partial charge in [-0.1, -0.05) is 35.9 Å². The Morgan fingerprint density at radius 3 is 2.48 bits per heavy atom. The SMILES string of the molecule is CC1(C)Cc2cc(NC(=O)n3cc(-c4ccc(F)cc4)c(-c4ccc(Cl)cc4)n3)ccc2O1. The highest BCUT2D eigenvalue weighted by Crippen LogP contribution is 2.36. The van der Waals surface area contributed by atoms with Crippen molar-refractivity contribution in [2.75, 3.05) is 5.32 Å². The third-order valence-corrected chi connectivity index (χ3v) is 5.76. The maximum Gasteiger partial charge on any atom is 0.346 e. The predicted molar refractivity (Wildman–Crippen MR) is 127 cm³/mol. The average molecular weight is 462 g/mol. The minimum Gasteiger partial charge on any atom is -0.487 e. The lowest BCUT2D eigenvalue weighted by atomic mass is 10.0. The molecule has 1 N–H and O–H groups in total. The summed E-state index contributed by atoms with van der Waals surface area (Å²) in [7, 11) is 0. The number of aromatic nitrogens is 2. The minimum atomic E-state index is -0.406. The fourth-order valence-electron chi connectivity index (χ4n) is 4.01. The van der Waals surface area contributed by atoms with E-state index >= 15 is 0 Å². The Kier molecular flexibility index (Phi) is 5.17. The third kappa shape index (κ3) is 4.34. The Balaban J connectivity index is 1.48. The van der Waals surface area contributed by atoms with Crippen molar-refractivity contribution in [3.8, 4) is 28.1 Å². The van der Waals surface area contributed by atoms with E-state index in [1.54, 1.807) is 30.5 Å². The number of anilines is 1. The molecule has 0 unspecified atom stereocenters. The number of ether oxygens (including phenoxy) is 1. The number of fused-ring (bicyclic) bond motifs is 1. The van der Waals surface area contributed by atoms with E-state index in [-0.39, 0.29) is 11.4 Å². The van der Waals surface area contributed by atoms with Crippen molar-refractivity contribution in [3.63, 3.8) is 0 Å². The van der Waals surface area contributed by atoms with Crippen molar-refractivity contribution in [3.05, 3.63) is 89.3 Å². The quantitative estimate of drug-likeness (QED) is 0.365. The van der Waals surface area contributed by atoms with Crippen LogP contribution in [0.3, 0.4) is 0 Å². The fourth-order valence-corrected chi connectivity index (χ4v) is 4.13. The van der Waals surface area contributed by atoms with Crippen LogP contribution in [0.4, 0.5) is 14.9 Å². The summed E-state index contributed by atoms with van der Waals surface area (Å²) in [5, 5.41) is 8.05. The molecule has 1 aromatic heterocycles. The standard InChI is InChI=1S/C26H21ClFN3O2/c1-26(2)14-18-13-21(11-12-23(18)33-26)29-25(32)31-15-22(16-5-9-20(28)10-6-16)24(30-31)17-3-7-19(27)8-4-17/h3-13,15H,14H2,1-2H3,(H,29,32). The number of benzene rings is 3. The van der Waals surface area contributed by atoms with E-state index in [1.165, 1.54) is 16.8 Å². The molecule has 0 spiro atoms. The molecule has 1 aliphatic rings. The van der Waals surface area contributed by atoms with Gasteiger partial charge >= 0.3 is 6.03 Å². The third-order valence-electron chi connectivity index (χ3n) is 5.51. The number of nitrogens with one attached hydrogen (secondary N) is 1. The largest absolute Gasteiger partial charge is 0.487 e. The Morgan fingerprint density at radius 1 is 1.06 bits per heavy atom. The highest BCUT2D eigenvalue weighted by atomic mass is 35.5. The van der Waals surface area contributed by atoms with Crippen LogP contribution in [-0.4, -0.2) is 21.4 Å². The van der Waals surface area contributed by atoms with Gasteiger partial charge in [0.25, 0.3) is 0 Å². The van der Waals surface area contributed by atoms with E-state index in [0.717, 1.165) is 28.9 Å². The van der Waals surface area contributed by atoms with Gasteiger partial charge in [-0.2, -0.15) is 9.78 Å². The van der Waals surface area contributed by atoms with E-state index in [4.69, 9.17) is 16.3 Å². The molecule has 33 heavy (non-hydrogen) atoms. The van der Waals surface area contributed by atoms with Crippen LogP contribution in [-0.2, 0) is 6.42 Å². The second-order valence-corrected chi connectivity index (χ2v) is 9.08. The van der Waals surface area contributed by atoms with Crippen molar-refractivity contribution in [1.29, 1.82) is 0 Å². The normalized spacial score (nSPS) is 13.9. The first kappa shape index (κ1) is 21.2. The second kappa shape index (κ2) is 8.05. The number of rotatable bonds is 3. The first-order valence-electron chi connectivity index (χ1n) is 10.5. The molecule has 0 atom stereocenters. The lowest BCUT2D eigenvalue weighted by Gasteiger charge is -2.16. The maximum atomic E-state index is 13.5. The van der Waals surface area contributed by atoms with Crippen LogP contribution in [0.15, 0.2) is 72.9 Å². The molecule has 0 bridgehead atoms. The Hall–Kier alpha value is -3.64. The Morgan fingerprint density at radius 2 is 1.76 bits per heavy atom. The summed E-state index contributed by atoms with van der Waals surface area (Å²) in [6, 6.07) is 18.5. The average Bonchev–Trinajstić information content (AvgIpc) is 3.34. The molecule has 7 heteroatoms. The first-order valence-corrected chi connectivity index (χ1v) is 10.9. The van der Waals surface area contributed by atoms with Gasteiger partial charge in [0.05, 0.1) is 0 Å². The number of nitrogens with zero attached hydrogens (tertiary/aromatic N) is 2. The van der Waals surface area contributed by atoms with Crippen molar-refractivity contribution in [2.45, 2.75) is 25.9 Å². The van der Waals surface area contributed by atoms with Crippen LogP contribution >= 0.6 is 11.6 Å². The number of halogens is 2. The Bertz CT molecular complexity index is 1280. The van der Waals surface area contributed by atoms with Crippen molar-refractivity contribution in [1.82, 2.24) is 9.78 Å². The molecular formula is C26H21ClFN3O2. The molecule has 1 aliphatic heterocycles. The van der Waals surface area contributed by atoms with E-state index in [0.29, 0.717) is 22.0 Å². The van der Waals surface area contributed by atoms with Crippen molar-refractivity contribution in [2.24, 2.45) is 0 Å². The number of amides is 1. The molecule has 5 nitrogen and oxygen atoms in total. The van der Waals surface area contributed by atoms with Gasteiger partial charge in [-0.15, -0.1) is 0 Å². The first-order chi connectivity index (χ1) is 15.8. The number of carbonyl (C=O) groups is 1. The van der Waals surface area contributed by atoms with Crippen LogP contribution in [0.25, 0.3) is 22.4 Å². The monoisotopic (exact) mass is 461 g/mol. The zero-order valence-corrected chi connectivity index (χ0v) is 18.9. The van der Waals surface area contributed by atoms with Gasteiger partial charge in [-0.25, -0.2) is 9.18 Å². The van der Waals surface area contributed by atoms with Crippen LogP contribution in [0, 0.1) is 5.82 Å². The number of hydrogen-bond donors (Lipinski definition) is 1. The van der Waals surface area contributed by atoms with E-state index in [2.05, 4.69) is 10.4 Å². The zero-order valence-electron chi connectivity index (χ0n) is 18.1. The molecular weight excluding hydrogens is 441 g/mol. The van der Waals surface area contributed by atoms with Crippen molar-refractivity contribution >= 4 is 23.3 Å². The van der Waals surface area contributed by atoms with Gasteiger partial charge in [0.1, 0.15) is 22.9 Å². The topological polar surface area (TPSA) is 56.2 Å². The van der Waals surface area contributed by atoms with Crippen LogP contribution in [0.5, 0.6) is 5.75 Å². The van der Waals surface area contributed by atoms with Gasteiger partial charge in [-0.05, 0) is 61.9 Å². The van der Waals surface area contributed by atoms with E-state index in [9.17, 15) is 9.18 Å². The van der Waals surface area contributed by atoms with Crippen molar-refractivity contribution < 1.29 is 13.9 Å². The van der Waals surface area contributed by atoms with Gasteiger partial charge in [0.2, 0.25) is 0 Å². The van der Waals surface area contributed by atoms with Gasteiger partial charge in [0, 0.05) is 40.0 Å². The molecule has 166 valence electrons. The van der Waals surface area contributed by atoms with E-state index < -0.39 is 6.03 Å². The summed E-state index contributed by atoms with van der Waals surface area (Å²) in [6.07, 6.45) is 2.41. The molecule has 0 saturated heterocycles. The molecule has 0 saturated carbocycles. The fraction of sp³-hybridized carbons (Fsp3) is 0.154. The molecule has 0 aliphatic carbocycles. The molecule has 5 rings (SSSR count). The molecule has 1 amide bonds. The zero-order chi connectivity index (χ0) is 23.2. The summed E-state index contributed by atoms with van der Waals surface area (Å²) < 4.78 is 20.6.